The molecule has 1 atom stereocenters. The minimum absolute atomic E-state index is 0.0333. The highest BCUT2D eigenvalue weighted by Crippen LogP contribution is 2.18. The second kappa shape index (κ2) is 22.8. The fraction of sp³-hybridized carbons (Fsp3) is 0.962. The zero-order valence-electron chi connectivity index (χ0n) is 19.7. The van der Waals surface area contributed by atoms with Gasteiger partial charge in [0.25, 0.3) is 0 Å². The van der Waals surface area contributed by atoms with Crippen LogP contribution in [0.2, 0.25) is 0 Å². The van der Waals surface area contributed by atoms with Crippen LogP contribution in [0.1, 0.15) is 149 Å². The van der Waals surface area contributed by atoms with Gasteiger partial charge in [-0.1, -0.05) is 124 Å². The maximum absolute atomic E-state index is 12.0. The molecular formula is C26H52O2. The molecule has 0 aromatic heterocycles. The Labute approximate surface area is 177 Å². The van der Waals surface area contributed by atoms with Gasteiger partial charge in [-0.3, -0.25) is 4.79 Å². The molecule has 0 aromatic carbocycles. The van der Waals surface area contributed by atoms with Crippen molar-refractivity contribution >= 4 is 5.97 Å². The van der Waals surface area contributed by atoms with Crippen molar-refractivity contribution in [3.8, 4) is 0 Å². The van der Waals surface area contributed by atoms with Gasteiger partial charge in [-0.2, -0.15) is 0 Å². The summed E-state index contributed by atoms with van der Waals surface area (Å²) < 4.78 is 5.61. The van der Waals surface area contributed by atoms with Gasteiger partial charge in [0.05, 0.1) is 6.61 Å². The Morgan fingerprint density at radius 3 is 1.54 bits per heavy atom. The summed E-state index contributed by atoms with van der Waals surface area (Å²) in [5.74, 6) is 0.615. The van der Waals surface area contributed by atoms with Gasteiger partial charge in [0, 0.05) is 6.42 Å². The second-order valence-corrected chi connectivity index (χ2v) is 8.83. The third-order valence-corrected chi connectivity index (χ3v) is 5.90. The van der Waals surface area contributed by atoms with Crippen molar-refractivity contribution in [2.75, 3.05) is 6.61 Å². The minimum Gasteiger partial charge on any atom is -0.465 e. The fourth-order valence-corrected chi connectivity index (χ4v) is 3.88. The number of unbranched alkanes of at least 4 members (excludes halogenated alkanes) is 14. The average Bonchev–Trinajstić information content (AvgIpc) is 2.70. The molecule has 1 unspecified atom stereocenters. The predicted octanol–water partition coefficient (Wildman–Crippen LogP) is 9.01. The lowest BCUT2D eigenvalue weighted by Crippen LogP contribution is -2.14. The molecule has 0 saturated carbocycles. The fourth-order valence-electron chi connectivity index (χ4n) is 3.88. The maximum Gasteiger partial charge on any atom is 0.305 e. The molecule has 28 heavy (non-hydrogen) atoms. The lowest BCUT2D eigenvalue weighted by atomic mass is 9.96. The summed E-state index contributed by atoms with van der Waals surface area (Å²) in [4.78, 5) is 12.0. The summed E-state index contributed by atoms with van der Waals surface area (Å²) in [5, 5.41) is 0. The Kier molecular flexibility index (Phi) is 22.3. The standard InChI is InChI=1S/C26H52O2/c1-4-7-10-12-13-14-15-16-17-18-20-23-26(27)28-24-25(21-9-6-3)22-19-11-8-5-2/h25H,4-24H2,1-3H3. The van der Waals surface area contributed by atoms with Gasteiger partial charge in [0.15, 0.2) is 0 Å². The molecule has 0 aliphatic rings. The number of carbonyl (C=O) groups is 1. The molecule has 168 valence electrons. The van der Waals surface area contributed by atoms with E-state index in [2.05, 4.69) is 20.8 Å². The predicted molar refractivity (Wildman–Crippen MR) is 124 cm³/mol. The zero-order valence-corrected chi connectivity index (χ0v) is 19.7. The number of esters is 1. The second-order valence-electron chi connectivity index (χ2n) is 8.83. The molecular weight excluding hydrogens is 344 g/mol. The van der Waals surface area contributed by atoms with Crippen LogP contribution in [-0.4, -0.2) is 12.6 Å². The Balaban J connectivity index is 3.58. The Bertz CT molecular complexity index is 314. The first kappa shape index (κ1) is 27.5. The Morgan fingerprint density at radius 1 is 0.571 bits per heavy atom. The number of rotatable bonds is 22. The Hall–Kier alpha value is -0.530. The summed E-state index contributed by atoms with van der Waals surface area (Å²) in [6, 6.07) is 0. The van der Waals surface area contributed by atoms with Crippen LogP contribution in [0.4, 0.5) is 0 Å². The first-order chi connectivity index (χ1) is 13.7. The van der Waals surface area contributed by atoms with Crippen molar-refractivity contribution in [2.24, 2.45) is 5.92 Å². The van der Waals surface area contributed by atoms with Gasteiger partial charge < -0.3 is 4.74 Å². The smallest absolute Gasteiger partial charge is 0.305 e. The molecule has 0 aromatic rings. The van der Waals surface area contributed by atoms with Crippen LogP contribution in [0.15, 0.2) is 0 Å². The third kappa shape index (κ3) is 20.2. The van der Waals surface area contributed by atoms with Crippen LogP contribution < -0.4 is 0 Å². The lowest BCUT2D eigenvalue weighted by Gasteiger charge is -2.16. The number of carbonyl (C=O) groups excluding carboxylic acids is 1. The molecule has 0 aliphatic heterocycles. The van der Waals surface area contributed by atoms with Crippen LogP contribution in [0.3, 0.4) is 0 Å². The molecule has 0 aliphatic carbocycles. The van der Waals surface area contributed by atoms with Crippen molar-refractivity contribution in [3.05, 3.63) is 0 Å². The van der Waals surface area contributed by atoms with Crippen LogP contribution in [0.25, 0.3) is 0 Å². The van der Waals surface area contributed by atoms with Crippen molar-refractivity contribution in [3.63, 3.8) is 0 Å². The largest absolute Gasteiger partial charge is 0.465 e. The molecule has 0 rings (SSSR count). The van der Waals surface area contributed by atoms with Gasteiger partial charge >= 0.3 is 5.97 Å². The van der Waals surface area contributed by atoms with Crippen molar-refractivity contribution in [1.29, 1.82) is 0 Å². The highest BCUT2D eigenvalue weighted by molar-refractivity contribution is 5.69. The van der Waals surface area contributed by atoms with Gasteiger partial charge in [0.1, 0.15) is 0 Å². The van der Waals surface area contributed by atoms with E-state index in [0.717, 1.165) is 6.42 Å². The summed E-state index contributed by atoms with van der Waals surface area (Å²) in [6.07, 6.45) is 25.3. The monoisotopic (exact) mass is 396 g/mol. The van der Waals surface area contributed by atoms with E-state index < -0.39 is 0 Å². The lowest BCUT2D eigenvalue weighted by molar-refractivity contribution is -0.145. The number of hydrogen-bond acceptors (Lipinski definition) is 2. The first-order valence-electron chi connectivity index (χ1n) is 12.9. The highest BCUT2D eigenvalue weighted by atomic mass is 16.5. The molecule has 0 bridgehead atoms. The van der Waals surface area contributed by atoms with Crippen molar-refractivity contribution in [1.82, 2.24) is 0 Å². The van der Waals surface area contributed by atoms with E-state index in [-0.39, 0.29) is 5.97 Å². The topological polar surface area (TPSA) is 26.3 Å². The summed E-state index contributed by atoms with van der Waals surface area (Å²) >= 11 is 0. The average molecular weight is 397 g/mol. The minimum atomic E-state index is 0.0333. The number of hydrogen-bond donors (Lipinski definition) is 0. The van der Waals surface area contributed by atoms with E-state index in [1.165, 1.54) is 116 Å². The van der Waals surface area contributed by atoms with E-state index >= 15 is 0 Å². The summed E-state index contributed by atoms with van der Waals surface area (Å²) in [7, 11) is 0. The van der Waals surface area contributed by atoms with E-state index in [1.807, 2.05) is 0 Å². The molecule has 2 nitrogen and oxygen atoms in total. The maximum atomic E-state index is 12.0. The van der Waals surface area contributed by atoms with Crippen LogP contribution in [-0.2, 0) is 9.53 Å². The SMILES string of the molecule is CCCCCCCCCCCCCC(=O)OCC(CCCC)CCCCCC. The molecule has 0 saturated heterocycles. The molecule has 0 amide bonds. The van der Waals surface area contributed by atoms with Gasteiger partial charge in [0.2, 0.25) is 0 Å². The summed E-state index contributed by atoms with van der Waals surface area (Å²) in [5.41, 5.74) is 0. The molecule has 0 N–H and O–H groups in total. The van der Waals surface area contributed by atoms with Crippen LogP contribution >= 0.6 is 0 Å². The van der Waals surface area contributed by atoms with E-state index in [1.54, 1.807) is 0 Å². The summed E-state index contributed by atoms with van der Waals surface area (Å²) in [6.45, 7) is 7.43. The van der Waals surface area contributed by atoms with E-state index in [9.17, 15) is 4.79 Å². The molecule has 0 heterocycles. The van der Waals surface area contributed by atoms with E-state index in [0.29, 0.717) is 18.9 Å². The first-order valence-corrected chi connectivity index (χ1v) is 12.9. The number of ether oxygens (including phenoxy) is 1. The van der Waals surface area contributed by atoms with Gasteiger partial charge in [-0.25, -0.2) is 0 Å². The van der Waals surface area contributed by atoms with Gasteiger partial charge in [-0.05, 0) is 25.2 Å². The van der Waals surface area contributed by atoms with Crippen LogP contribution in [0, 0.1) is 5.92 Å². The molecule has 0 radical (unpaired) electrons. The normalized spacial score (nSPS) is 12.2. The highest BCUT2D eigenvalue weighted by Gasteiger charge is 2.11. The Morgan fingerprint density at radius 2 is 1.00 bits per heavy atom. The van der Waals surface area contributed by atoms with Crippen molar-refractivity contribution in [2.45, 2.75) is 149 Å². The van der Waals surface area contributed by atoms with Gasteiger partial charge in [-0.15, -0.1) is 0 Å². The third-order valence-electron chi connectivity index (χ3n) is 5.90. The zero-order chi connectivity index (χ0) is 20.7. The van der Waals surface area contributed by atoms with Crippen molar-refractivity contribution < 1.29 is 9.53 Å². The molecule has 0 fully saturated rings. The quantitative estimate of drug-likeness (QED) is 0.135. The molecule has 2 heteroatoms. The van der Waals surface area contributed by atoms with E-state index in [4.69, 9.17) is 4.74 Å². The van der Waals surface area contributed by atoms with Crippen LogP contribution in [0.5, 0.6) is 0 Å². The molecule has 0 spiro atoms.